The van der Waals surface area contributed by atoms with Crippen LogP contribution in [-0.4, -0.2) is 51.4 Å². The van der Waals surface area contributed by atoms with Crippen molar-refractivity contribution in [3.05, 3.63) is 70.5 Å². The number of benzene rings is 2. The first-order valence-electron chi connectivity index (χ1n) is 11.1. The Morgan fingerprint density at radius 3 is 2.17 bits per heavy atom. The Balaban J connectivity index is 1.69. The second-order valence-corrected chi connectivity index (χ2v) is 7.92. The maximum Gasteiger partial charge on any atom is 0.342 e. The van der Waals surface area contributed by atoms with Gasteiger partial charge in [0.15, 0.2) is 29.6 Å². The first-order chi connectivity index (χ1) is 16.8. The maximum absolute atomic E-state index is 12.9. The molecule has 3 aromatic rings. The number of carbonyl (C=O) groups is 2. The minimum atomic E-state index is -0.656. The molecule has 0 bridgehead atoms. The molecule has 8 nitrogen and oxygen atoms in total. The third-order valence-electron chi connectivity index (χ3n) is 5.90. The number of carbonyl (C=O) groups excluding carboxylic acids is 2. The molecule has 1 heterocycles. The van der Waals surface area contributed by atoms with Gasteiger partial charge in [0.25, 0.3) is 0 Å². The van der Waals surface area contributed by atoms with Gasteiger partial charge in [-0.15, -0.1) is 0 Å². The topological polar surface area (TPSA) is 85.2 Å². The van der Waals surface area contributed by atoms with Crippen LogP contribution in [0.2, 0.25) is 0 Å². The lowest BCUT2D eigenvalue weighted by Crippen LogP contribution is -2.16. The second-order valence-electron chi connectivity index (χ2n) is 7.92. The van der Waals surface area contributed by atoms with E-state index in [2.05, 4.69) is 4.57 Å². The normalized spacial score (nSPS) is 10.6. The molecule has 0 atom stereocenters. The van der Waals surface area contributed by atoms with E-state index in [1.54, 1.807) is 32.4 Å². The molecule has 0 saturated heterocycles. The summed E-state index contributed by atoms with van der Waals surface area (Å²) >= 11 is 0. The minimum Gasteiger partial charge on any atom is -0.493 e. The van der Waals surface area contributed by atoms with E-state index in [0.717, 1.165) is 23.4 Å². The summed E-state index contributed by atoms with van der Waals surface area (Å²) in [6.45, 7) is 4.15. The summed E-state index contributed by atoms with van der Waals surface area (Å²) in [4.78, 5) is 25.5. The molecule has 0 N–H and O–H groups in total. The highest BCUT2D eigenvalue weighted by Gasteiger charge is 2.21. The van der Waals surface area contributed by atoms with E-state index in [9.17, 15) is 9.59 Å². The van der Waals surface area contributed by atoms with Crippen LogP contribution in [0.5, 0.6) is 23.0 Å². The molecule has 0 amide bonds. The van der Waals surface area contributed by atoms with Gasteiger partial charge in [-0.05, 0) is 56.2 Å². The number of ether oxygens (including phenoxy) is 5. The summed E-state index contributed by atoms with van der Waals surface area (Å²) in [6.07, 6.45) is 0.745. The Morgan fingerprint density at radius 1 is 0.800 bits per heavy atom. The van der Waals surface area contributed by atoms with Crippen molar-refractivity contribution in [2.45, 2.75) is 26.8 Å². The van der Waals surface area contributed by atoms with Crippen LogP contribution in [0, 0.1) is 13.8 Å². The third-order valence-corrected chi connectivity index (χ3v) is 5.90. The standard InChI is InChI=1S/C27H31NO7/c1-17-14-21(18(2)28(17)13-12-19-10-11-23(31-3)25(15-19)33-5)22(29)16-35-27(30)20-8-7-9-24(32-4)26(20)34-6/h7-11,14-15H,12-13,16H2,1-6H3. The number of aryl methyl sites for hydroxylation is 2. The van der Waals surface area contributed by atoms with Crippen LogP contribution in [0.4, 0.5) is 0 Å². The second kappa shape index (κ2) is 11.5. The Morgan fingerprint density at radius 2 is 1.51 bits per heavy atom. The zero-order valence-electron chi connectivity index (χ0n) is 21.0. The van der Waals surface area contributed by atoms with Gasteiger partial charge in [-0.3, -0.25) is 4.79 Å². The summed E-state index contributed by atoms with van der Waals surface area (Å²) in [5, 5.41) is 0. The van der Waals surface area contributed by atoms with Gasteiger partial charge in [0.1, 0.15) is 5.56 Å². The molecule has 0 saturated carbocycles. The molecule has 0 aliphatic rings. The Labute approximate surface area is 205 Å². The van der Waals surface area contributed by atoms with Crippen molar-refractivity contribution in [3.63, 3.8) is 0 Å². The molecule has 2 aromatic carbocycles. The van der Waals surface area contributed by atoms with E-state index < -0.39 is 5.97 Å². The van der Waals surface area contributed by atoms with Gasteiger partial charge in [-0.25, -0.2) is 4.79 Å². The molecule has 1 aromatic heterocycles. The number of nitrogens with zero attached hydrogens (tertiary/aromatic N) is 1. The van der Waals surface area contributed by atoms with Gasteiger partial charge in [0.05, 0.1) is 28.4 Å². The Bertz CT molecular complexity index is 1210. The van der Waals surface area contributed by atoms with Crippen molar-refractivity contribution >= 4 is 11.8 Å². The van der Waals surface area contributed by atoms with Crippen molar-refractivity contribution in [1.29, 1.82) is 0 Å². The number of aromatic nitrogens is 1. The van der Waals surface area contributed by atoms with Crippen molar-refractivity contribution in [1.82, 2.24) is 4.57 Å². The lowest BCUT2D eigenvalue weighted by atomic mass is 10.1. The number of hydrogen-bond donors (Lipinski definition) is 0. The maximum atomic E-state index is 12.9. The molecule has 0 aliphatic carbocycles. The summed E-state index contributed by atoms with van der Waals surface area (Å²) in [7, 11) is 6.14. The predicted octanol–water partition coefficient (Wildman–Crippen LogP) is 4.42. The lowest BCUT2D eigenvalue weighted by molar-refractivity contribution is 0.0471. The number of Topliss-reactive ketones (excluding diaryl/α,β-unsaturated/α-hetero) is 1. The molecule has 0 spiro atoms. The van der Waals surface area contributed by atoms with Crippen molar-refractivity contribution in [2.75, 3.05) is 35.0 Å². The number of esters is 1. The van der Waals surface area contributed by atoms with Gasteiger partial charge in [-0.1, -0.05) is 12.1 Å². The Hall–Kier alpha value is -3.94. The molecule has 8 heteroatoms. The fourth-order valence-corrected chi connectivity index (χ4v) is 4.04. The largest absolute Gasteiger partial charge is 0.493 e. The first-order valence-corrected chi connectivity index (χ1v) is 11.1. The highest BCUT2D eigenvalue weighted by Crippen LogP contribution is 2.31. The van der Waals surface area contributed by atoms with Crippen LogP contribution in [0.15, 0.2) is 42.5 Å². The van der Waals surface area contributed by atoms with E-state index in [-0.39, 0.29) is 23.7 Å². The summed E-state index contributed by atoms with van der Waals surface area (Å²) in [6, 6.07) is 12.5. The van der Waals surface area contributed by atoms with E-state index in [1.807, 2.05) is 38.1 Å². The quantitative estimate of drug-likeness (QED) is 0.296. The predicted molar refractivity (Wildman–Crippen MR) is 131 cm³/mol. The minimum absolute atomic E-state index is 0.194. The average molecular weight is 482 g/mol. The van der Waals surface area contributed by atoms with Crippen LogP contribution in [0.1, 0.15) is 37.7 Å². The molecule has 0 aliphatic heterocycles. The van der Waals surface area contributed by atoms with Crippen molar-refractivity contribution in [2.24, 2.45) is 0 Å². The van der Waals surface area contributed by atoms with E-state index in [4.69, 9.17) is 23.7 Å². The number of para-hydroxylation sites is 1. The molecular formula is C27H31NO7. The van der Waals surface area contributed by atoms with Crippen LogP contribution in [-0.2, 0) is 17.7 Å². The van der Waals surface area contributed by atoms with E-state index in [1.165, 1.54) is 14.2 Å². The summed E-state index contributed by atoms with van der Waals surface area (Å²) in [5.74, 6) is 1.10. The molecule has 35 heavy (non-hydrogen) atoms. The fraction of sp³-hybridized carbons (Fsp3) is 0.333. The fourth-order valence-electron chi connectivity index (χ4n) is 4.04. The number of hydrogen-bond acceptors (Lipinski definition) is 7. The van der Waals surface area contributed by atoms with Crippen LogP contribution in [0.25, 0.3) is 0 Å². The Kier molecular flexibility index (Phi) is 8.41. The van der Waals surface area contributed by atoms with Crippen molar-refractivity contribution < 1.29 is 33.3 Å². The van der Waals surface area contributed by atoms with Crippen molar-refractivity contribution in [3.8, 4) is 23.0 Å². The molecule has 186 valence electrons. The number of ketones is 1. The molecule has 3 rings (SSSR count). The monoisotopic (exact) mass is 481 g/mol. The van der Waals surface area contributed by atoms with E-state index >= 15 is 0 Å². The first kappa shape index (κ1) is 25.7. The highest BCUT2D eigenvalue weighted by molar-refractivity contribution is 6.01. The smallest absolute Gasteiger partial charge is 0.342 e. The molecule has 0 unspecified atom stereocenters. The lowest BCUT2D eigenvalue weighted by Gasteiger charge is -2.13. The van der Waals surface area contributed by atoms with E-state index in [0.29, 0.717) is 29.4 Å². The van der Waals surface area contributed by atoms with Gasteiger partial charge in [0, 0.05) is 23.5 Å². The summed E-state index contributed by atoms with van der Waals surface area (Å²) in [5.41, 5.74) is 3.58. The number of rotatable bonds is 11. The van der Waals surface area contributed by atoms with Crippen LogP contribution < -0.4 is 18.9 Å². The number of methoxy groups -OCH3 is 4. The zero-order valence-corrected chi connectivity index (χ0v) is 21.0. The zero-order chi connectivity index (χ0) is 25.5. The van der Waals surface area contributed by atoms with Gasteiger partial charge >= 0.3 is 5.97 Å². The van der Waals surface area contributed by atoms with Crippen LogP contribution >= 0.6 is 0 Å². The SMILES string of the molecule is COc1ccc(CCn2c(C)cc(C(=O)COC(=O)c3cccc(OC)c3OC)c2C)cc1OC. The summed E-state index contributed by atoms with van der Waals surface area (Å²) < 4.78 is 28.6. The van der Waals surface area contributed by atoms with Gasteiger partial charge in [0.2, 0.25) is 5.78 Å². The van der Waals surface area contributed by atoms with Gasteiger partial charge in [-0.2, -0.15) is 0 Å². The highest BCUT2D eigenvalue weighted by atomic mass is 16.5. The molecule has 0 fully saturated rings. The third kappa shape index (κ3) is 5.59. The molecular weight excluding hydrogens is 450 g/mol. The van der Waals surface area contributed by atoms with Gasteiger partial charge < -0.3 is 28.3 Å². The van der Waals surface area contributed by atoms with Crippen LogP contribution in [0.3, 0.4) is 0 Å². The molecule has 0 radical (unpaired) electrons. The average Bonchev–Trinajstić information content (AvgIpc) is 3.17.